The molecule has 1 rings (SSSR count). The van der Waals surface area contributed by atoms with Crippen molar-refractivity contribution in [3.8, 4) is 0 Å². The third-order valence-electron chi connectivity index (χ3n) is 2.23. The molecule has 0 aliphatic rings. The average Bonchev–Trinajstić information content (AvgIpc) is 2.21. The first-order chi connectivity index (χ1) is 7.57. The fourth-order valence-electron chi connectivity index (χ4n) is 1.53. The van der Waals surface area contributed by atoms with Crippen molar-refractivity contribution in [2.24, 2.45) is 0 Å². The van der Waals surface area contributed by atoms with Gasteiger partial charge < -0.3 is 4.74 Å². The third-order valence-corrected chi connectivity index (χ3v) is 2.57. The number of halogens is 1. The lowest BCUT2D eigenvalue weighted by atomic mass is 10.1. The summed E-state index contributed by atoms with van der Waals surface area (Å²) in [4.78, 5) is 13.6. The van der Waals surface area contributed by atoms with Crippen molar-refractivity contribution in [2.75, 3.05) is 20.7 Å². The lowest BCUT2D eigenvalue weighted by molar-refractivity contribution is -0.148. The van der Waals surface area contributed by atoms with Crippen molar-refractivity contribution in [3.05, 3.63) is 34.9 Å². The molecule has 88 valence electrons. The highest BCUT2D eigenvalue weighted by Gasteiger charge is 2.25. The van der Waals surface area contributed by atoms with Gasteiger partial charge in [-0.15, -0.1) is 0 Å². The summed E-state index contributed by atoms with van der Waals surface area (Å²) >= 11 is 6.07. The van der Waals surface area contributed by atoms with E-state index in [1.54, 1.807) is 17.9 Å². The van der Waals surface area contributed by atoms with Crippen LogP contribution in [-0.4, -0.2) is 31.6 Å². The maximum Gasteiger partial charge on any atom is 0.328 e. The van der Waals surface area contributed by atoms with E-state index in [1.807, 2.05) is 32.3 Å². The maximum absolute atomic E-state index is 11.8. The van der Waals surface area contributed by atoms with Crippen molar-refractivity contribution >= 4 is 17.6 Å². The maximum atomic E-state index is 11.8. The molecule has 1 atom stereocenters. The van der Waals surface area contributed by atoms with Crippen molar-refractivity contribution in [1.29, 1.82) is 0 Å². The topological polar surface area (TPSA) is 29.5 Å². The van der Waals surface area contributed by atoms with Gasteiger partial charge in [-0.25, -0.2) is 4.79 Å². The molecule has 1 aromatic rings. The molecule has 0 spiro atoms. The summed E-state index contributed by atoms with van der Waals surface area (Å²) in [5, 5.41) is 0.578. The SMILES string of the molecule is CCOC(=O)C(c1ccccc1Cl)N(C)C. The molecule has 0 fully saturated rings. The van der Waals surface area contributed by atoms with Gasteiger partial charge in [-0.1, -0.05) is 29.8 Å². The van der Waals surface area contributed by atoms with Crippen molar-refractivity contribution in [1.82, 2.24) is 4.90 Å². The van der Waals surface area contributed by atoms with Gasteiger partial charge in [0, 0.05) is 5.02 Å². The number of esters is 1. The number of nitrogens with zero attached hydrogens (tertiary/aromatic N) is 1. The zero-order valence-electron chi connectivity index (χ0n) is 9.74. The van der Waals surface area contributed by atoms with Crippen LogP contribution in [0.1, 0.15) is 18.5 Å². The van der Waals surface area contributed by atoms with Gasteiger partial charge in [0.05, 0.1) is 6.61 Å². The first-order valence-electron chi connectivity index (χ1n) is 5.15. The first kappa shape index (κ1) is 13.0. The molecule has 0 radical (unpaired) electrons. The summed E-state index contributed by atoms with van der Waals surface area (Å²) in [5.41, 5.74) is 0.771. The van der Waals surface area contributed by atoms with Crippen LogP contribution in [0.5, 0.6) is 0 Å². The van der Waals surface area contributed by atoms with E-state index in [9.17, 15) is 4.79 Å². The summed E-state index contributed by atoms with van der Waals surface area (Å²) in [7, 11) is 3.65. The van der Waals surface area contributed by atoms with Crippen LogP contribution in [0, 0.1) is 0 Å². The summed E-state index contributed by atoms with van der Waals surface area (Å²) in [5.74, 6) is -0.277. The van der Waals surface area contributed by atoms with Gasteiger partial charge in [0.15, 0.2) is 0 Å². The standard InChI is InChI=1S/C12H16ClNO2/c1-4-16-12(15)11(14(2)3)9-7-5-6-8-10(9)13/h5-8,11H,4H2,1-3H3. The molecule has 0 bridgehead atoms. The average molecular weight is 242 g/mol. The quantitative estimate of drug-likeness (QED) is 0.759. The van der Waals surface area contributed by atoms with Gasteiger partial charge in [0.1, 0.15) is 6.04 Å². The predicted molar refractivity (Wildman–Crippen MR) is 64.5 cm³/mol. The zero-order chi connectivity index (χ0) is 12.1. The van der Waals surface area contributed by atoms with Crippen LogP contribution in [-0.2, 0) is 9.53 Å². The molecule has 0 aliphatic carbocycles. The van der Waals surface area contributed by atoms with E-state index in [4.69, 9.17) is 16.3 Å². The number of benzene rings is 1. The number of carbonyl (C=O) groups excluding carboxylic acids is 1. The Balaban J connectivity index is 3.03. The molecule has 0 heterocycles. The molecule has 4 heteroatoms. The molecule has 0 saturated carbocycles. The Labute approximate surface area is 101 Å². The second-order valence-corrected chi connectivity index (χ2v) is 4.05. The van der Waals surface area contributed by atoms with Crippen LogP contribution in [0.25, 0.3) is 0 Å². The zero-order valence-corrected chi connectivity index (χ0v) is 10.5. The summed E-state index contributed by atoms with van der Waals surface area (Å²) < 4.78 is 5.04. The smallest absolute Gasteiger partial charge is 0.328 e. The Bertz CT molecular complexity index is 366. The minimum atomic E-state index is -0.450. The van der Waals surface area contributed by atoms with Gasteiger partial charge in [-0.2, -0.15) is 0 Å². The van der Waals surface area contributed by atoms with Crippen LogP contribution in [0.15, 0.2) is 24.3 Å². The Morgan fingerprint density at radius 1 is 1.44 bits per heavy atom. The van der Waals surface area contributed by atoms with Crippen molar-refractivity contribution in [2.45, 2.75) is 13.0 Å². The fraction of sp³-hybridized carbons (Fsp3) is 0.417. The molecule has 3 nitrogen and oxygen atoms in total. The molecule has 0 aromatic heterocycles. The van der Waals surface area contributed by atoms with Crippen LogP contribution in [0.3, 0.4) is 0 Å². The Morgan fingerprint density at radius 3 is 2.56 bits per heavy atom. The molecular formula is C12H16ClNO2. The fourth-order valence-corrected chi connectivity index (χ4v) is 1.77. The molecule has 16 heavy (non-hydrogen) atoms. The van der Waals surface area contributed by atoms with Gasteiger partial charge >= 0.3 is 5.97 Å². The molecule has 0 amide bonds. The normalized spacial score (nSPS) is 12.6. The van der Waals surface area contributed by atoms with Gasteiger partial charge in [-0.3, -0.25) is 4.90 Å². The van der Waals surface area contributed by atoms with Crippen molar-refractivity contribution < 1.29 is 9.53 Å². The molecule has 0 saturated heterocycles. The number of rotatable bonds is 4. The van der Waals surface area contributed by atoms with Crippen molar-refractivity contribution in [3.63, 3.8) is 0 Å². The summed E-state index contributed by atoms with van der Waals surface area (Å²) in [6.45, 7) is 2.16. The molecule has 0 aliphatic heterocycles. The number of hydrogen-bond acceptors (Lipinski definition) is 3. The molecule has 1 unspecified atom stereocenters. The van der Waals surface area contributed by atoms with E-state index in [0.717, 1.165) is 5.56 Å². The monoisotopic (exact) mass is 241 g/mol. The van der Waals surface area contributed by atoms with Crippen LogP contribution in [0.2, 0.25) is 5.02 Å². The van der Waals surface area contributed by atoms with Gasteiger partial charge in [0.2, 0.25) is 0 Å². The van der Waals surface area contributed by atoms with E-state index in [0.29, 0.717) is 11.6 Å². The Kier molecular flexibility index (Phi) is 4.77. The number of likely N-dealkylation sites (N-methyl/N-ethyl adjacent to an activating group) is 1. The second-order valence-electron chi connectivity index (χ2n) is 3.64. The highest BCUT2D eigenvalue weighted by atomic mass is 35.5. The van der Waals surface area contributed by atoms with E-state index < -0.39 is 6.04 Å². The molecule has 1 aromatic carbocycles. The largest absolute Gasteiger partial charge is 0.465 e. The number of carbonyl (C=O) groups is 1. The highest BCUT2D eigenvalue weighted by molar-refractivity contribution is 6.31. The van der Waals surface area contributed by atoms with Gasteiger partial charge in [-0.05, 0) is 32.6 Å². The first-order valence-corrected chi connectivity index (χ1v) is 5.53. The van der Waals surface area contributed by atoms with Crippen LogP contribution < -0.4 is 0 Å². The minimum Gasteiger partial charge on any atom is -0.465 e. The van der Waals surface area contributed by atoms with Crippen LogP contribution >= 0.6 is 11.6 Å². The van der Waals surface area contributed by atoms with Gasteiger partial charge in [0.25, 0.3) is 0 Å². The van der Waals surface area contributed by atoms with E-state index >= 15 is 0 Å². The van der Waals surface area contributed by atoms with E-state index in [2.05, 4.69) is 0 Å². The van der Waals surface area contributed by atoms with Crippen LogP contribution in [0.4, 0.5) is 0 Å². The summed E-state index contributed by atoms with van der Waals surface area (Å²) in [6.07, 6.45) is 0. The second kappa shape index (κ2) is 5.87. The lowest BCUT2D eigenvalue weighted by Gasteiger charge is -2.23. The predicted octanol–water partition coefficient (Wildman–Crippen LogP) is 2.51. The minimum absolute atomic E-state index is 0.277. The van der Waals surface area contributed by atoms with E-state index in [1.165, 1.54) is 0 Å². The lowest BCUT2D eigenvalue weighted by Crippen LogP contribution is -2.29. The third kappa shape index (κ3) is 2.97. The Hall–Kier alpha value is -1.06. The Morgan fingerprint density at radius 2 is 2.06 bits per heavy atom. The highest BCUT2D eigenvalue weighted by Crippen LogP contribution is 2.26. The molecule has 0 N–H and O–H groups in total. The van der Waals surface area contributed by atoms with E-state index in [-0.39, 0.29) is 5.97 Å². The summed E-state index contributed by atoms with van der Waals surface area (Å²) in [6, 6.07) is 6.85. The number of ether oxygens (including phenoxy) is 1. The molecular weight excluding hydrogens is 226 g/mol. The number of hydrogen-bond donors (Lipinski definition) is 0.